The normalized spacial score (nSPS) is 18.2. The summed E-state index contributed by atoms with van der Waals surface area (Å²) in [6.07, 6.45) is 11.3. The number of hydrogen-bond acceptors (Lipinski definition) is 3. The number of aromatic nitrogens is 3. The molecule has 2 heterocycles. The van der Waals surface area contributed by atoms with Gasteiger partial charge in [0.1, 0.15) is 0 Å². The summed E-state index contributed by atoms with van der Waals surface area (Å²) < 4.78 is 1.86. The lowest BCUT2D eigenvalue weighted by Gasteiger charge is -2.32. The van der Waals surface area contributed by atoms with E-state index in [9.17, 15) is 4.79 Å². The fourth-order valence-electron chi connectivity index (χ4n) is 3.18. The first-order valence-electron chi connectivity index (χ1n) is 8.65. The highest BCUT2D eigenvalue weighted by Crippen LogP contribution is 2.19. The molecule has 1 unspecified atom stereocenters. The zero-order valence-electron chi connectivity index (χ0n) is 13.9. The van der Waals surface area contributed by atoms with E-state index in [-0.39, 0.29) is 5.91 Å². The average molecular weight is 324 g/mol. The first-order chi connectivity index (χ1) is 11.8. The van der Waals surface area contributed by atoms with Gasteiger partial charge in [0.2, 0.25) is 5.91 Å². The maximum Gasteiger partial charge on any atom is 0.222 e. The molecule has 1 amide bonds. The fraction of sp³-hybridized carbons (Fsp3) is 0.421. The third-order valence-electron chi connectivity index (χ3n) is 4.42. The van der Waals surface area contributed by atoms with Crippen molar-refractivity contribution in [3.63, 3.8) is 0 Å². The second-order valence-corrected chi connectivity index (χ2v) is 6.32. The van der Waals surface area contributed by atoms with Crippen molar-refractivity contribution in [2.24, 2.45) is 5.92 Å². The van der Waals surface area contributed by atoms with Gasteiger partial charge in [0.15, 0.2) is 0 Å². The fourth-order valence-corrected chi connectivity index (χ4v) is 3.18. The molecule has 0 spiro atoms. The van der Waals surface area contributed by atoms with E-state index in [4.69, 9.17) is 0 Å². The van der Waals surface area contributed by atoms with E-state index in [0.29, 0.717) is 12.3 Å². The molecule has 1 aromatic carbocycles. The minimum atomic E-state index is 0.260. The minimum Gasteiger partial charge on any atom is -0.342 e. The van der Waals surface area contributed by atoms with Gasteiger partial charge in [-0.25, -0.2) is 0 Å². The molecule has 5 nitrogen and oxygen atoms in total. The quantitative estimate of drug-likeness (QED) is 0.821. The molecule has 0 bridgehead atoms. The number of rotatable bonds is 6. The Kier molecular flexibility index (Phi) is 5.77. The molecule has 1 aliphatic rings. The Morgan fingerprint density at radius 2 is 2.17 bits per heavy atom. The molecule has 3 rings (SSSR count). The van der Waals surface area contributed by atoms with Gasteiger partial charge in [0.05, 0.1) is 6.20 Å². The van der Waals surface area contributed by atoms with E-state index in [1.54, 1.807) is 6.20 Å². The van der Waals surface area contributed by atoms with E-state index in [0.717, 1.165) is 38.9 Å². The van der Waals surface area contributed by atoms with Gasteiger partial charge >= 0.3 is 0 Å². The van der Waals surface area contributed by atoms with Crippen molar-refractivity contribution in [1.82, 2.24) is 19.9 Å². The maximum absolute atomic E-state index is 12.4. The third kappa shape index (κ3) is 4.78. The topological polar surface area (TPSA) is 51.0 Å². The van der Waals surface area contributed by atoms with Gasteiger partial charge in [0.25, 0.3) is 0 Å². The van der Waals surface area contributed by atoms with Crippen LogP contribution in [-0.2, 0) is 11.3 Å². The van der Waals surface area contributed by atoms with Gasteiger partial charge < -0.3 is 4.90 Å². The summed E-state index contributed by atoms with van der Waals surface area (Å²) in [5.41, 5.74) is 1.18. The molecule has 0 saturated carbocycles. The molecule has 24 heavy (non-hydrogen) atoms. The zero-order chi connectivity index (χ0) is 16.6. The summed E-state index contributed by atoms with van der Waals surface area (Å²) in [6, 6.07) is 10.2. The number of hydrogen-bond donors (Lipinski definition) is 0. The summed E-state index contributed by atoms with van der Waals surface area (Å²) in [5, 5.41) is 7.87. The maximum atomic E-state index is 12.4. The molecule has 0 N–H and O–H groups in total. The number of nitrogens with zero attached hydrogens (tertiary/aromatic N) is 4. The van der Waals surface area contributed by atoms with E-state index < -0.39 is 0 Å². The SMILES string of the molecule is O=C(CC/C=C/c1ccccc1)N1CCCC(Cn2ccnn2)C1. The van der Waals surface area contributed by atoms with Crippen molar-refractivity contribution in [3.8, 4) is 0 Å². The lowest BCUT2D eigenvalue weighted by molar-refractivity contribution is -0.133. The first kappa shape index (κ1) is 16.4. The predicted molar refractivity (Wildman–Crippen MR) is 94.0 cm³/mol. The van der Waals surface area contributed by atoms with E-state index in [2.05, 4.69) is 34.6 Å². The average Bonchev–Trinajstić information content (AvgIpc) is 3.13. The Bertz CT molecular complexity index is 651. The lowest BCUT2D eigenvalue weighted by atomic mass is 9.97. The van der Waals surface area contributed by atoms with Gasteiger partial charge in [-0.3, -0.25) is 9.48 Å². The smallest absolute Gasteiger partial charge is 0.222 e. The number of carbonyl (C=O) groups excluding carboxylic acids is 1. The van der Waals surface area contributed by atoms with E-state index >= 15 is 0 Å². The Balaban J connectivity index is 1.43. The van der Waals surface area contributed by atoms with Crippen LogP contribution in [0.25, 0.3) is 6.08 Å². The molecule has 2 aromatic rings. The van der Waals surface area contributed by atoms with Crippen LogP contribution in [0.15, 0.2) is 48.8 Å². The lowest BCUT2D eigenvalue weighted by Crippen LogP contribution is -2.41. The Hall–Kier alpha value is -2.43. The summed E-state index contributed by atoms with van der Waals surface area (Å²) in [7, 11) is 0. The summed E-state index contributed by atoms with van der Waals surface area (Å²) in [4.78, 5) is 14.4. The first-order valence-corrected chi connectivity index (χ1v) is 8.65. The molecule has 1 saturated heterocycles. The van der Waals surface area contributed by atoms with E-state index in [1.807, 2.05) is 34.0 Å². The summed E-state index contributed by atoms with van der Waals surface area (Å²) >= 11 is 0. The van der Waals surface area contributed by atoms with Crippen LogP contribution in [0.2, 0.25) is 0 Å². The third-order valence-corrected chi connectivity index (χ3v) is 4.42. The van der Waals surface area contributed by atoms with Gasteiger partial charge in [0, 0.05) is 32.3 Å². The second-order valence-electron chi connectivity index (χ2n) is 6.32. The molecule has 1 atom stereocenters. The molecule has 1 aliphatic heterocycles. The van der Waals surface area contributed by atoms with Crippen LogP contribution in [0.4, 0.5) is 0 Å². The molecule has 0 radical (unpaired) electrons. The van der Waals surface area contributed by atoms with Gasteiger partial charge in [-0.15, -0.1) is 5.10 Å². The van der Waals surface area contributed by atoms with Crippen molar-refractivity contribution in [2.45, 2.75) is 32.2 Å². The van der Waals surface area contributed by atoms with Crippen LogP contribution < -0.4 is 0 Å². The Morgan fingerprint density at radius 3 is 2.96 bits per heavy atom. The van der Waals surface area contributed by atoms with Crippen LogP contribution in [0.3, 0.4) is 0 Å². The van der Waals surface area contributed by atoms with Crippen molar-refractivity contribution in [3.05, 3.63) is 54.4 Å². The molecule has 0 aliphatic carbocycles. The summed E-state index contributed by atoms with van der Waals surface area (Å²) in [5.74, 6) is 0.736. The van der Waals surface area contributed by atoms with Crippen LogP contribution in [-0.4, -0.2) is 38.9 Å². The van der Waals surface area contributed by atoms with Crippen LogP contribution in [0.5, 0.6) is 0 Å². The van der Waals surface area contributed by atoms with Crippen LogP contribution >= 0.6 is 0 Å². The number of piperidine rings is 1. The highest BCUT2D eigenvalue weighted by molar-refractivity contribution is 5.76. The second kappa shape index (κ2) is 8.43. The Labute approximate surface area is 143 Å². The minimum absolute atomic E-state index is 0.260. The predicted octanol–water partition coefficient (Wildman–Crippen LogP) is 3.01. The van der Waals surface area contributed by atoms with Crippen molar-refractivity contribution < 1.29 is 4.79 Å². The van der Waals surface area contributed by atoms with Crippen LogP contribution in [0, 0.1) is 5.92 Å². The number of carbonyl (C=O) groups is 1. The number of amides is 1. The van der Waals surface area contributed by atoms with Gasteiger partial charge in [-0.05, 0) is 30.7 Å². The molecule has 1 fully saturated rings. The standard InChI is InChI=1S/C19H24N4O/c24-19(11-5-4-9-17-7-2-1-3-8-17)22-13-6-10-18(15-22)16-23-14-12-20-21-23/h1-4,7-9,12,14,18H,5-6,10-11,13,15-16H2/b9-4+. The highest BCUT2D eigenvalue weighted by atomic mass is 16.2. The monoisotopic (exact) mass is 324 g/mol. The largest absolute Gasteiger partial charge is 0.342 e. The zero-order valence-corrected chi connectivity index (χ0v) is 13.9. The Morgan fingerprint density at radius 1 is 1.29 bits per heavy atom. The van der Waals surface area contributed by atoms with Gasteiger partial charge in [-0.1, -0.05) is 47.7 Å². The molecular formula is C19H24N4O. The van der Waals surface area contributed by atoms with E-state index in [1.165, 1.54) is 5.56 Å². The van der Waals surface area contributed by atoms with Crippen LogP contribution in [0.1, 0.15) is 31.2 Å². The molecule has 1 aromatic heterocycles. The summed E-state index contributed by atoms with van der Waals surface area (Å²) in [6.45, 7) is 2.56. The van der Waals surface area contributed by atoms with Gasteiger partial charge in [-0.2, -0.15) is 0 Å². The number of likely N-dealkylation sites (tertiary alicyclic amines) is 1. The highest BCUT2D eigenvalue weighted by Gasteiger charge is 2.23. The van der Waals surface area contributed by atoms with Crippen molar-refractivity contribution >= 4 is 12.0 Å². The molecular weight excluding hydrogens is 300 g/mol. The van der Waals surface area contributed by atoms with Crippen molar-refractivity contribution in [1.29, 1.82) is 0 Å². The molecule has 5 heteroatoms. The molecule has 126 valence electrons. The number of benzene rings is 1. The van der Waals surface area contributed by atoms with Crippen molar-refractivity contribution in [2.75, 3.05) is 13.1 Å². The number of allylic oxidation sites excluding steroid dienone is 1.